The quantitative estimate of drug-likeness (QED) is 0.522. The molecule has 0 aromatic heterocycles. The topological polar surface area (TPSA) is 74.8 Å². The maximum Gasteiger partial charge on any atom is 0.243 e. The molecule has 170 valence electrons. The first-order chi connectivity index (χ1) is 14.4. The minimum absolute atomic E-state index is 0.110. The van der Waals surface area contributed by atoms with E-state index >= 15 is 0 Å². The molecule has 0 bridgehead atoms. The van der Waals surface area contributed by atoms with Crippen molar-refractivity contribution >= 4 is 51.9 Å². The predicted octanol–water partition coefficient (Wildman–Crippen LogP) is 4.53. The molecule has 3 rings (SSSR count). The molecule has 1 aliphatic rings. The highest BCUT2D eigenvalue weighted by atomic mass is 79.9. The van der Waals surface area contributed by atoms with Crippen molar-refractivity contribution in [3.8, 4) is 0 Å². The monoisotopic (exact) mass is 592 g/mol. The number of hydrogen-bond donors (Lipinski definition) is 0. The summed E-state index contributed by atoms with van der Waals surface area (Å²) < 4.78 is 57.5. The van der Waals surface area contributed by atoms with E-state index in [-0.39, 0.29) is 36.0 Å². The highest BCUT2D eigenvalue weighted by Gasteiger charge is 2.33. The number of benzene rings is 2. The largest absolute Gasteiger partial charge is 0.243 e. The van der Waals surface area contributed by atoms with Gasteiger partial charge in [0, 0.05) is 35.1 Å². The lowest BCUT2D eigenvalue weighted by atomic mass is 10.2. The Kier molecular flexibility index (Phi) is 7.40. The molecular formula is C21H26Br2N2O4S2. The van der Waals surface area contributed by atoms with Crippen molar-refractivity contribution in [1.29, 1.82) is 0 Å². The van der Waals surface area contributed by atoms with Gasteiger partial charge >= 0.3 is 0 Å². The molecule has 2 aromatic carbocycles. The minimum atomic E-state index is -3.74. The Morgan fingerprint density at radius 1 is 0.613 bits per heavy atom. The van der Waals surface area contributed by atoms with Gasteiger partial charge in [-0.3, -0.25) is 0 Å². The van der Waals surface area contributed by atoms with E-state index in [1.807, 2.05) is 26.0 Å². The fourth-order valence-corrected chi connectivity index (χ4v) is 8.19. The molecule has 0 unspecified atom stereocenters. The Morgan fingerprint density at radius 2 is 0.968 bits per heavy atom. The van der Waals surface area contributed by atoms with E-state index in [1.54, 1.807) is 26.0 Å². The van der Waals surface area contributed by atoms with Crippen LogP contribution in [0.4, 0.5) is 0 Å². The number of sulfonamides is 2. The first-order valence-electron chi connectivity index (χ1n) is 9.89. The van der Waals surface area contributed by atoms with Crippen molar-refractivity contribution in [1.82, 2.24) is 8.61 Å². The summed E-state index contributed by atoms with van der Waals surface area (Å²) in [6, 6.07) is 6.94. The molecule has 1 fully saturated rings. The second-order valence-electron chi connectivity index (χ2n) is 7.90. The van der Waals surface area contributed by atoms with E-state index in [0.717, 1.165) is 20.1 Å². The summed E-state index contributed by atoms with van der Waals surface area (Å²) in [6.07, 6.45) is 0.427. The number of nitrogens with zero attached hydrogens (tertiary/aromatic N) is 2. The molecule has 1 saturated heterocycles. The van der Waals surface area contributed by atoms with Gasteiger partial charge in [-0.05, 0) is 68.5 Å². The Labute approximate surface area is 202 Å². The highest BCUT2D eigenvalue weighted by Crippen LogP contribution is 2.30. The molecule has 2 aromatic rings. The maximum absolute atomic E-state index is 13.3. The van der Waals surface area contributed by atoms with E-state index < -0.39 is 20.0 Å². The number of halogens is 2. The van der Waals surface area contributed by atoms with Gasteiger partial charge in [-0.25, -0.2) is 16.8 Å². The van der Waals surface area contributed by atoms with Crippen LogP contribution in [-0.2, 0) is 20.0 Å². The van der Waals surface area contributed by atoms with Crippen molar-refractivity contribution in [2.24, 2.45) is 0 Å². The number of rotatable bonds is 4. The second kappa shape index (κ2) is 9.23. The molecule has 0 atom stereocenters. The normalized spacial score (nSPS) is 17.0. The lowest BCUT2D eigenvalue weighted by Crippen LogP contribution is -2.37. The van der Waals surface area contributed by atoms with Crippen molar-refractivity contribution in [3.63, 3.8) is 0 Å². The number of hydrogen-bond acceptors (Lipinski definition) is 4. The Hall–Kier alpha value is -0.780. The lowest BCUT2D eigenvalue weighted by molar-refractivity contribution is 0.404. The summed E-state index contributed by atoms with van der Waals surface area (Å²) in [6.45, 7) is 8.14. The predicted molar refractivity (Wildman–Crippen MR) is 129 cm³/mol. The van der Waals surface area contributed by atoms with Gasteiger partial charge in [0.05, 0.1) is 9.79 Å². The van der Waals surface area contributed by atoms with Crippen LogP contribution in [0, 0.1) is 27.7 Å². The van der Waals surface area contributed by atoms with Gasteiger partial charge in [-0.15, -0.1) is 0 Å². The molecule has 0 aliphatic carbocycles. The first-order valence-corrected chi connectivity index (χ1v) is 14.4. The van der Waals surface area contributed by atoms with Gasteiger partial charge in [0.25, 0.3) is 0 Å². The highest BCUT2D eigenvalue weighted by molar-refractivity contribution is 9.10. The summed E-state index contributed by atoms with van der Waals surface area (Å²) in [4.78, 5) is 0.499. The Morgan fingerprint density at radius 3 is 1.32 bits per heavy atom. The summed E-state index contributed by atoms with van der Waals surface area (Å²) in [5.74, 6) is 0. The molecule has 31 heavy (non-hydrogen) atoms. The van der Waals surface area contributed by atoms with E-state index in [0.29, 0.717) is 17.5 Å². The zero-order chi connectivity index (χ0) is 23.1. The fourth-order valence-electron chi connectivity index (χ4n) is 3.80. The molecule has 1 aliphatic heterocycles. The molecule has 10 heteroatoms. The molecule has 0 radical (unpaired) electrons. The molecule has 0 spiro atoms. The van der Waals surface area contributed by atoms with E-state index in [2.05, 4.69) is 31.9 Å². The van der Waals surface area contributed by atoms with Crippen molar-refractivity contribution in [3.05, 3.63) is 55.5 Å². The fraction of sp³-hybridized carbons (Fsp3) is 0.429. The van der Waals surface area contributed by atoms with E-state index in [9.17, 15) is 16.8 Å². The van der Waals surface area contributed by atoms with Gasteiger partial charge in [0.1, 0.15) is 0 Å². The second-order valence-corrected chi connectivity index (χ2v) is 13.4. The first kappa shape index (κ1) is 24.9. The van der Waals surface area contributed by atoms with Crippen LogP contribution in [0.15, 0.2) is 43.0 Å². The zero-order valence-electron chi connectivity index (χ0n) is 17.9. The molecule has 1 heterocycles. The van der Waals surface area contributed by atoms with Crippen LogP contribution >= 0.6 is 31.9 Å². The standard InChI is InChI=1S/C21H26Br2N2O4S2/c1-14-10-16(3)20(12-18(14)22)30(26,27)24-6-5-7-25(9-8-24)31(28,29)21-13-19(23)15(2)11-17(21)4/h10-13H,5-9H2,1-4H3. The average molecular weight is 594 g/mol. The number of aryl methyl sites for hydroxylation is 4. The minimum Gasteiger partial charge on any atom is -0.207 e. The molecule has 0 saturated carbocycles. The van der Waals surface area contributed by atoms with Gasteiger partial charge in [0.2, 0.25) is 20.0 Å². The van der Waals surface area contributed by atoms with E-state index in [1.165, 1.54) is 8.61 Å². The van der Waals surface area contributed by atoms with Crippen LogP contribution in [0.5, 0.6) is 0 Å². The molecule has 6 nitrogen and oxygen atoms in total. The third kappa shape index (κ3) is 4.94. The Bertz CT molecular complexity index is 1130. The molecular weight excluding hydrogens is 568 g/mol. The lowest BCUT2D eigenvalue weighted by Gasteiger charge is -2.23. The SMILES string of the molecule is Cc1cc(C)c(S(=O)(=O)N2CCCN(S(=O)(=O)c3cc(Br)c(C)cc3C)CC2)cc1Br. The summed E-state index contributed by atoms with van der Waals surface area (Å²) in [5, 5.41) is 0. The third-order valence-electron chi connectivity index (χ3n) is 5.56. The van der Waals surface area contributed by atoms with Gasteiger partial charge in [-0.1, -0.05) is 44.0 Å². The molecule has 0 N–H and O–H groups in total. The summed E-state index contributed by atoms with van der Waals surface area (Å²) in [7, 11) is -7.47. The van der Waals surface area contributed by atoms with Crippen molar-refractivity contribution < 1.29 is 16.8 Å². The van der Waals surface area contributed by atoms with Crippen molar-refractivity contribution in [2.75, 3.05) is 26.2 Å². The smallest absolute Gasteiger partial charge is 0.207 e. The van der Waals surface area contributed by atoms with Gasteiger partial charge in [-0.2, -0.15) is 8.61 Å². The van der Waals surface area contributed by atoms with Crippen LogP contribution in [0.2, 0.25) is 0 Å². The van der Waals surface area contributed by atoms with E-state index in [4.69, 9.17) is 0 Å². The van der Waals surface area contributed by atoms with Gasteiger partial charge < -0.3 is 0 Å². The van der Waals surface area contributed by atoms with Crippen LogP contribution < -0.4 is 0 Å². The Balaban J connectivity index is 1.88. The zero-order valence-corrected chi connectivity index (χ0v) is 22.7. The third-order valence-corrected chi connectivity index (χ3v) is 11.4. The van der Waals surface area contributed by atoms with Crippen LogP contribution in [-0.4, -0.2) is 51.6 Å². The van der Waals surface area contributed by atoms with Crippen LogP contribution in [0.3, 0.4) is 0 Å². The van der Waals surface area contributed by atoms with Crippen LogP contribution in [0.1, 0.15) is 28.7 Å². The summed E-state index contributed by atoms with van der Waals surface area (Å²) in [5.41, 5.74) is 3.28. The average Bonchev–Trinajstić information content (AvgIpc) is 2.94. The van der Waals surface area contributed by atoms with Crippen molar-refractivity contribution in [2.45, 2.75) is 43.9 Å². The summed E-state index contributed by atoms with van der Waals surface area (Å²) >= 11 is 6.83. The van der Waals surface area contributed by atoms with Crippen LogP contribution in [0.25, 0.3) is 0 Å². The van der Waals surface area contributed by atoms with Gasteiger partial charge in [0.15, 0.2) is 0 Å². The maximum atomic E-state index is 13.3. The molecule has 0 amide bonds.